The molecule has 2 fully saturated rings. The number of pyridine rings is 1. The van der Waals surface area contributed by atoms with E-state index in [-0.39, 0.29) is 23.6 Å². The van der Waals surface area contributed by atoms with Crippen molar-refractivity contribution in [2.75, 3.05) is 19.6 Å². The summed E-state index contributed by atoms with van der Waals surface area (Å²) in [6.45, 7) is 3.96. The molecule has 6 nitrogen and oxygen atoms in total. The van der Waals surface area contributed by atoms with Crippen LogP contribution in [-0.2, 0) is 4.79 Å². The zero-order valence-corrected chi connectivity index (χ0v) is 15.7. The molecule has 2 aliphatic rings. The van der Waals surface area contributed by atoms with Crippen molar-refractivity contribution in [1.29, 1.82) is 0 Å². The number of amides is 2. The van der Waals surface area contributed by atoms with Gasteiger partial charge >= 0.3 is 0 Å². The van der Waals surface area contributed by atoms with Crippen LogP contribution in [0.1, 0.15) is 54.6 Å². The topological polar surface area (TPSA) is 57.9 Å². The highest BCUT2D eigenvalue weighted by atomic mass is 19.1. The Bertz CT molecular complexity index is 878. The molecule has 0 aliphatic carbocycles. The van der Waals surface area contributed by atoms with E-state index in [1.165, 1.54) is 4.40 Å². The molecule has 2 aromatic heterocycles. The number of hydrogen-bond acceptors (Lipinski definition) is 3. The maximum Gasteiger partial charge on any atom is 0.277 e. The van der Waals surface area contributed by atoms with Crippen LogP contribution in [0, 0.1) is 12.9 Å². The number of halogens is 1. The fourth-order valence-corrected chi connectivity index (χ4v) is 4.21. The van der Waals surface area contributed by atoms with Gasteiger partial charge in [0.1, 0.15) is 5.65 Å². The summed E-state index contributed by atoms with van der Waals surface area (Å²) < 4.78 is 16.2. The number of hydrogen-bond donors (Lipinski definition) is 0. The molecule has 0 unspecified atom stereocenters. The number of aryl methyl sites for hydroxylation is 1. The van der Waals surface area contributed by atoms with Crippen LogP contribution in [-0.4, -0.2) is 56.7 Å². The van der Waals surface area contributed by atoms with Crippen LogP contribution >= 0.6 is 0 Å². The highest BCUT2D eigenvalue weighted by molar-refractivity contribution is 5.93. The number of carbonyl (C=O) groups is 2. The summed E-state index contributed by atoms with van der Waals surface area (Å²) in [5, 5.41) is 0. The number of nitrogens with zero attached hydrogens (tertiary/aromatic N) is 4. The minimum Gasteiger partial charge on any atom is -0.343 e. The first-order valence-corrected chi connectivity index (χ1v) is 9.77. The lowest BCUT2D eigenvalue weighted by molar-refractivity contribution is -0.127. The molecule has 2 saturated heterocycles. The molecule has 2 aliphatic heterocycles. The Morgan fingerprint density at radius 3 is 2.89 bits per heavy atom. The number of aromatic nitrogens is 2. The lowest BCUT2D eigenvalue weighted by Crippen LogP contribution is -2.45. The van der Waals surface area contributed by atoms with E-state index in [0.29, 0.717) is 25.2 Å². The summed E-state index contributed by atoms with van der Waals surface area (Å²) in [6.07, 6.45) is 6.79. The number of rotatable bonds is 4. The summed E-state index contributed by atoms with van der Waals surface area (Å²) in [4.78, 5) is 32.8. The highest BCUT2D eigenvalue weighted by Gasteiger charge is 2.32. The third kappa shape index (κ3) is 3.42. The van der Waals surface area contributed by atoms with Crippen LogP contribution < -0.4 is 0 Å². The van der Waals surface area contributed by atoms with Crippen molar-refractivity contribution in [3.8, 4) is 0 Å². The van der Waals surface area contributed by atoms with Crippen LogP contribution in [0.25, 0.3) is 5.65 Å². The molecular formula is C20H25FN4O2. The first-order chi connectivity index (χ1) is 13.0. The van der Waals surface area contributed by atoms with E-state index in [1.807, 2.05) is 17.9 Å². The van der Waals surface area contributed by atoms with Crippen LogP contribution in [0.15, 0.2) is 18.3 Å². The molecule has 4 rings (SSSR count). The van der Waals surface area contributed by atoms with Crippen LogP contribution in [0.4, 0.5) is 4.39 Å². The number of piperidine rings is 1. The molecule has 0 aromatic carbocycles. The summed E-state index contributed by atoms with van der Waals surface area (Å²) in [5.74, 6) is -0.741. The zero-order chi connectivity index (χ0) is 19.0. The third-order valence-electron chi connectivity index (χ3n) is 5.70. The fraction of sp³-hybridized carbons (Fsp3) is 0.550. The lowest BCUT2D eigenvalue weighted by atomic mass is 9.98. The number of carbonyl (C=O) groups excluding carboxylic acids is 2. The molecule has 4 heterocycles. The predicted octanol–water partition coefficient (Wildman–Crippen LogP) is 2.79. The standard InChI is InChI=1S/C20H25FN4O2/c1-14-7-8-16-22-18(19(21)25(16)13-14)20(27)24-11-3-2-5-15(24)9-12-23-10-4-6-17(23)26/h7-8,13,15H,2-6,9-12H2,1H3/t15-/m0/s1. The zero-order valence-electron chi connectivity index (χ0n) is 15.7. The SMILES string of the molecule is Cc1ccc2nc(C(=O)N3CCCC[C@H]3CCN3CCCC3=O)c(F)n2c1. The fourth-order valence-electron chi connectivity index (χ4n) is 4.21. The molecule has 0 N–H and O–H groups in total. The van der Waals surface area contributed by atoms with E-state index in [1.54, 1.807) is 17.2 Å². The Balaban J connectivity index is 1.53. The Kier molecular flexibility index (Phi) is 4.85. The number of likely N-dealkylation sites (tertiary alicyclic amines) is 2. The minimum atomic E-state index is -0.599. The van der Waals surface area contributed by atoms with E-state index in [9.17, 15) is 14.0 Å². The Hall–Kier alpha value is -2.44. The molecule has 7 heteroatoms. The van der Waals surface area contributed by atoms with Crippen LogP contribution in [0.3, 0.4) is 0 Å². The third-order valence-corrected chi connectivity index (χ3v) is 5.70. The normalized spacial score (nSPS) is 20.7. The first kappa shape index (κ1) is 17.9. The van der Waals surface area contributed by atoms with Gasteiger partial charge in [0.2, 0.25) is 11.9 Å². The molecule has 0 bridgehead atoms. The van der Waals surface area contributed by atoms with E-state index >= 15 is 0 Å². The average molecular weight is 372 g/mol. The van der Waals surface area contributed by atoms with Crippen molar-refractivity contribution in [2.24, 2.45) is 0 Å². The van der Waals surface area contributed by atoms with E-state index < -0.39 is 5.95 Å². The summed E-state index contributed by atoms with van der Waals surface area (Å²) in [5.41, 5.74) is 1.24. The number of imidazole rings is 1. The Morgan fingerprint density at radius 2 is 2.11 bits per heavy atom. The van der Waals surface area contributed by atoms with E-state index in [0.717, 1.165) is 44.2 Å². The second kappa shape index (κ2) is 7.29. The second-order valence-corrected chi connectivity index (χ2v) is 7.61. The van der Waals surface area contributed by atoms with Gasteiger partial charge in [0.05, 0.1) is 0 Å². The van der Waals surface area contributed by atoms with Gasteiger partial charge in [-0.3, -0.25) is 14.0 Å². The highest BCUT2D eigenvalue weighted by Crippen LogP contribution is 2.24. The van der Waals surface area contributed by atoms with Gasteiger partial charge in [-0.1, -0.05) is 6.07 Å². The maximum atomic E-state index is 14.8. The average Bonchev–Trinajstić information content (AvgIpc) is 3.23. The molecule has 1 atom stereocenters. The molecule has 27 heavy (non-hydrogen) atoms. The largest absolute Gasteiger partial charge is 0.343 e. The second-order valence-electron chi connectivity index (χ2n) is 7.61. The quantitative estimate of drug-likeness (QED) is 0.829. The molecule has 144 valence electrons. The van der Waals surface area contributed by atoms with Crippen molar-refractivity contribution < 1.29 is 14.0 Å². The van der Waals surface area contributed by atoms with Gasteiger partial charge < -0.3 is 9.80 Å². The van der Waals surface area contributed by atoms with Crippen molar-refractivity contribution in [3.63, 3.8) is 0 Å². The molecule has 0 radical (unpaired) electrons. The monoisotopic (exact) mass is 372 g/mol. The van der Waals surface area contributed by atoms with Crippen molar-refractivity contribution in [2.45, 2.75) is 51.5 Å². The van der Waals surface area contributed by atoms with Gasteiger partial charge in [0.25, 0.3) is 5.91 Å². The molecule has 0 saturated carbocycles. The molecular weight excluding hydrogens is 347 g/mol. The summed E-state index contributed by atoms with van der Waals surface area (Å²) in [6, 6.07) is 3.61. The molecule has 0 spiro atoms. The van der Waals surface area contributed by atoms with Gasteiger partial charge in [-0.25, -0.2) is 4.98 Å². The van der Waals surface area contributed by atoms with Gasteiger partial charge in [-0.15, -0.1) is 0 Å². The Morgan fingerprint density at radius 1 is 1.26 bits per heavy atom. The van der Waals surface area contributed by atoms with E-state index in [4.69, 9.17) is 0 Å². The minimum absolute atomic E-state index is 0.0330. The predicted molar refractivity (Wildman–Crippen MR) is 99.0 cm³/mol. The Labute approximate surface area is 158 Å². The molecule has 2 amide bonds. The summed E-state index contributed by atoms with van der Waals surface area (Å²) in [7, 11) is 0. The van der Waals surface area contributed by atoms with E-state index in [2.05, 4.69) is 4.98 Å². The number of fused-ring (bicyclic) bond motifs is 1. The van der Waals surface area contributed by atoms with Gasteiger partial charge in [0.15, 0.2) is 5.69 Å². The first-order valence-electron chi connectivity index (χ1n) is 9.77. The van der Waals surface area contributed by atoms with Crippen molar-refractivity contribution >= 4 is 17.5 Å². The van der Waals surface area contributed by atoms with Gasteiger partial charge in [0, 0.05) is 38.3 Å². The van der Waals surface area contributed by atoms with Crippen molar-refractivity contribution in [3.05, 3.63) is 35.5 Å². The van der Waals surface area contributed by atoms with Crippen LogP contribution in [0.2, 0.25) is 0 Å². The lowest BCUT2D eigenvalue weighted by Gasteiger charge is -2.36. The van der Waals surface area contributed by atoms with Crippen molar-refractivity contribution in [1.82, 2.24) is 19.2 Å². The molecule has 2 aromatic rings. The summed E-state index contributed by atoms with van der Waals surface area (Å²) >= 11 is 0. The van der Waals surface area contributed by atoms with Gasteiger partial charge in [-0.2, -0.15) is 4.39 Å². The van der Waals surface area contributed by atoms with Crippen LogP contribution in [0.5, 0.6) is 0 Å². The van der Waals surface area contributed by atoms with Gasteiger partial charge in [-0.05, 0) is 50.7 Å². The maximum absolute atomic E-state index is 14.8. The smallest absolute Gasteiger partial charge is 0.277 e.